The molecule has 0 fully saturated rings. The van der Waals surface area contributed by atoms with E-state index < -0.39 is 4.92 Å². The minimum absolute atomic E-state index is 0.0479. The molecule has 0 amide bonds. The zero-order valence-corrected chi connectivity index (χ0v) is 14.3. The molecule has 0 radical (unpaired) electrons. The lowest BCUT2D eigenvalue weighted by Gasteiger charge is -2.23. The number of nitro groups is 1. The molecule has 4 rings (SSSR count). The van der Waals surface area contributed by atoms with Gasteiger partial charge in [0, 0.05) is 22.3 Å². The molecule has 0 saturated carbocycles. The zero-order valence-electron chi connectivity index (χ0n) is 12.7. The Kier molecular flexibility index (Phi) is 3.77. The molecule has 0 bridgehead atoms. The topological polar surface area (TPSA) is 98.8 Å². The number of allylic oxidation sites excluding steroid dienone is 1. The molecule has 0 unspecified atom stereocenters. The van der Waals surface area contributed by atoms with Gasteiger partial charge in [0.1, 0.15) is 6.04 Å². The number of fused-ring (bicyclic) bond motifs is 1. The van der Waals surface area contributed by atoms with E-state index in [9.17, 15) is 10.1 Å². The Balaban J connectivity index is 1.76. The van der Waals surface area contributed by atoms with Gasteiger partial charge in [-0.25, -0.2) is 0 Å². The number of non-ortho nitro benzene ring substituents is 1. The van der Waals surface area contributed by atoms with Crippen LogP contribution in [0.4, 0.5) is 11.6 Å². The summed E-state index contributed by atoms with van der Waals surface area (Å²) in [5.41, 5.74) is 2.77. The van der Waals surface area contributed by atoms with E-state index in [1.54, 1.807) is 16.8 Å². The van der Waals surface area contributed by atoms with E-state index >= 15 is 0 Å². The van der Waals surface area contributed by atoms with E-state index in [1.807, 2.05) is 30.3 Å². The van der Waals surface area contributed by atoms with E-state index in [4.69, 9.17) is 0 Å². The normalized spacial score (nSPS) is 15.9. The summed E-state index contributed by atoms with van der Waals surface area (Å²) in [4.78, 5) is 10.4. The second-order valence-corrected chi connectivity index (χ2v) is 6.37. The number of benzene rings is 2. The molecule has 8 nitrogen and oxygen atoms in total. The molecule has 1 atom stereocenters. The first-order valence-electron chi connectivity index (χ1n) is 7.39. The molecule has 25 heavy (non-hydrogen) atoms. The van der Waals surface area contributed by atoms with E-state index in [-0.39, 0.29) is 11.7 Å². The molecule has 2 aromatic carbocycles. The highest BCUT2D eigenvalue weighted by atomic mass is 79.9. The number of hydrogen-bond donors (Lipinski definition) is 1. The number of halogens is 1. The Bertz CT molecular complexity index is 965. The number of tetrazole rings is 1. The van der Waals surface area contributed by atoms with Crippen LogP contribution in [0.25, 0.3) is 5.70 Å². The summed E-state index contributed by atoms with van der Waals surface area (Å²) in [7, 11) is 0. The fourth-order valence-corrected chi connectivity index (χ4v) is 2.95. The smallest absolute Gasteiger partial charge is 0.269 e. The summed E-state index contributed by atoms with van der Waals surface area (Å²) >= 11 is 3.42. The highest BCUT2D eigenvalue weighted by Crippen LogP contribution is 2.32. The van der Waals surface area contributed by atoms with Crippen LogP contribution in [0, 0.1) is 10.1 Å². The van der Waals surface area contributed by atoms with Gasteiger partial charge in [-0.3, -0.25) is 10.1 Å². The highest BCUT2D eigenvalue weighted by molar-refractivity contribution is 9.10. The molecule has 0 spiro atoms. The molecule has 9 heteroatoms. The van der Waals surface area contributed by atoms with Gasteiger partial charge in [-0.05, 0) is 51.9 Å². The summed E-state index contributed by atoms with van der Waals surface area (Å²) < 4.78 is 2.63. The first kappa shape index (κ1) is 15.5. The molecule has 2 heterocycles. The Morgan fingerprint density at radius 1 is 1.12 bits per heavy atom. The number of anilines is 1. The third-order valence-corrected chi connectivity index (χ3v) is 4.46. The number of aromatic nitrogens is 4. The molecule has 1 aromatic heterocycles. The summed E-state index contributed by atoms with van der Waals surface area (Å²) in [6, 6.07) is 14.0. The van der Waals surface area contributed by atoms with Gasteiger partial charge in [0.2, 0.25) is 5.95 Å². The Morgan fingerprint density at radius 2 is 1.84 bits per heavy atom. The second kappa shape index (κ2) is 6.10. The zero-order chi connectivity index (χ0) is 17.4. The lowest BCUT2D eigenvalue weighted by atomic mass is 10.0. The van der Waals surface area contributed by atoms with Crippen LogP contribution in [0.15, 0.2) is 59.1 Å². The maximum Gasteiger partial charge on any atom is 0.269 e. The minimum Gasteiger partial charge on any atom is -0.323 e. The predicted octanol–water partition coefficient (Wildman–Crippen LogP) is 3.40. The SMILES string of the molecule is O=[N+]([O-])c1ccc([C@@H]2C=C(c3ccc(Br)cc3)Nc3nnnn32)cc1. The maximum atomic E-state index is 10.9. The predicted molar refractivity (Wildman–Crippen MR) is 94.8 cm³/mol. The standard InChI is InChI=1S/C16H11BrN6O2/c17-12-5-1-10(2-6-12)14-9-15(22-16(18-14)19-20-21-22)11-3-7-13(8-4-11)23(24)25/h1-9,15H,(H,18,19,21)/t15-/m0/s1. The average molecular weight is 399 g/mol. The van der Waals surface area contributed by atoms with Gasteiger partial charge in [-0.1, -0.05) is 33.2 Å². The van der Waals surface area contributed by atoms with E-state index in [0.29, 0.717) is 5.95 Å². The summed E-state index contributed by atoms with van der Waals surface area (Å²) in [5.74, 6) is 0.517. The molecule has 0 aliphatic carbocycles. The fourth-order valence-electron chi connectivity index (χ4n) is 2.68. The van der Waals surface area contributed by atoms with Gasteiger partial charge in [0.15, 0.2) is 0 Å². The number of nitro benzene ring substituents is 1. The van der Waals surface area contributed by atoms with Crippen LogP contribution in [-0.4, -0.2) is 25.1 Å². The molecule has 1 aliphatic heterocycles. The highest BCUT2D eigenvalue weighted by Gasteiger charge is 2.24. The largest absolute Gasteiger partial charge is 0.323 e. The first-order chi connectivity index (χ1) is 12.1. The third-order valence-electron chi connectivity index (χ3n) is 3.93. The molecule has 3 aromatic rings. The fraction of sp³-hybridized carbons (Fsp3) is 0.0625. The van der Waals surface area contributed by atoms with Gasteiger partial charge < -0.3 is 5.32 Å². The summed E-state index contributed by atoms with van der Waals surface area (Å²) in [6.07, 6.45) is 1.99. The average Bonchev–Trinajstić information content (AvgIpc) is 3.10. The van der Waals surface area contributed by atoms with Crippen molar-refractivity contribution in [2.75, 3.05) is 5.32 Å². The van der Waals surface area contributed by atoms with Crippen molar-refractivity contribution in [2.45, 2.75) is 6.04 Å². The van der Waals surface area contributed by atoms with Crippen LogP contribution in [0.5, 0.6) is 0 Å². The van der Waals surface area contributed by atoms with E-state index in [1.165, 1.54) is 12.1 Å². The Labute approximate surface area is 150 Å². The first-order valence-corrected chi connectivity index (χ1v) is 8.18. The maximum absolute atomic E-state index is 10.9. The van der Waals surface area contributed by atoms with Crippen molar-refractivity contribution in [1.29, 1.82) is 0 Å². The van der Waals surface area contributed by atoms with Crippen LogP contribution >= 0.6 is 15.9 Å². The van der Waals surface area contributed by atoms with Crippen LogP contribution in [0.3, 0.4) is 0 Å². The minimum atomic E-state index is -0.419. The van der Waals surface area contributed by atoms with Crippen molar-refractivity contribution in [2.24, 2.45) is 0 Å². The monoisotopic (exact) mass is 398 g/mol. The van der Waals surface area contributed by atoms with Gasteiger partial charge in [-0.2, -0.15) is 4.68 Å². The van der Waals surface area contributed by atoms with Gasteiger partial charge >= 0.3 is 0 Å². The van der Waals surface area contributed by atoms with Crippen molar-refractivity contribution in [3.8, 4) is 0 Å². The summed E-state index contributed by atoms with van der Waals surface area (Å²) in [6.45, 7) is 0. The Morgan fingerprint density at radius 3 is 2.52 bits per heavy atom. The Hall–Kier alpha value is -3.07. The number of hydrogen-bond acceptors (Lipinski definition) is 6. The molecule has 124 valence electrons. The van der Waals surface area contributed by atoms with Crippen molar-refractivity contribution >= 4 is 33.3 Å². The second-order valence-electron chi connectivity index (χ2n) is 5.45. The molecule has 1 N–H and O–H groups in total. The third kappa shape index (κ3) is 2.89. The van der Waals surface area contributed by atoms with E-state index in [2.05, 4.69) is 36.8 Å². The van der Waals surface area contributed by atoms with Gasteiger partial charge in [0.25, 0.3) is 5.69 Å². The lowest BCUT2D eigenvalue weighted by Crippen LogP contribution is -2.20. The van der Waals surface area contributed by atoms with Crippen molar-refractivity contribution < 1.29 is 4.92 Å². The van der Waals surface area contributed by atoms with Crippen LogP contribution in [-0.2, 0) is 0 Å². The van der Waals surface area contributed by atoms with Crippen LogP contribution in [0.1, 0.15) is 17.2 Å². The quantitative estimate of drug-likeness (QED) is 0.536. The molecule has 1 aliphatic rings. The molecule has 0 saturated heterocycles. The molecular weight excluding hydrogens is 388 g/mol. The van der Waals surface area contributed by atoms with Crippen molar-refractivity contribution in [1.82, 2.24) is 20.2 Å². The molecular formula is C16H11BrN6O2. The van der Waals surface area contributed by atoms with Gasteiger partial charge in [0.05, 0.1) is 4.92 Å². The van der Waals surface area contributed by atoms with Gasteiger partial charge in [-0.15, -0.1) is 0 Å². The van der Waals surface area contributed by atoms with Crippen LogP contribution < -0.4 is 5.32 Å². The lowest BCUT2D eigenvalue weighted by molar-refractivity contribution is -0.384. The number of nitrogens with one attached hydrogen (secondary N) is 1. The van der Waals surface area contributed by atoms with E-state index in [0.717, 1.165) is 21.3 Å². The van der Waals surface area contributed by atoms with Crippen molar-refractivity contribution in [3.63, 3.8) is 0 Å². The summed E-state index contributed by atoms with van der Waals surface area (Å²) in [5, 5.41) is 25.8. The van der Waals surface area contributed by atoms with Crippen LogP contribution in [0.2, 0.25) is 0 Å². The van der Waals surface area contributed by atoms with Crippen molar-refractivity contribution in [3.05, 3.63) is 80.3 Å². The number of rotatable bonds is 3. The number of nitrogens with zero attached hydrogens (tertiary/aromatic N) is 5.